The first kappa shape index (κ1) is 13.9. The zero-order chi connectivity index (χ0) is 14.0. The highest BCUT2D eigenvalue weighted by molar-refractivity contribution is 5.97. The van der Waals surface area contributed by atoms with Crippen molar-refractivity contribution >= 4 is 11.6 Å². The lowest BCUT2D eigenvalue weighted by Crippen LogP contribution is -2.45. The monoisotopic (exact) mass is 266 g/mol. The molecular formula is C13H22N4O2. The Labute approximate surface area is 112 Å². The number of hydrogen-bond donors (Lipinski definition) is 4. The molecule has 2 rings (SSSR count). The summed E-state index contributed by atoms with van der Waals surface area (Å²) < 4.78 is 0. The van der Waals surface area contributed by atoms with Gasteiger partial charge in [-0.05, 0) is 18.8 Å². The molecule has 2 unspecified atom stereocenters. The van der Waals surface area contributed by atoms with Crippen molar-refractivity contribution in [3.05, 3.63) is 11.4 Å². The fourth-order valence-corrected chi connectivity index (χ4v) is 2.49. The standard InChI is InChI=1S/C13H22N4O2/c1-7(2)11-10(14)12(17-16-11)13(19)15-8-5-3-4-6-9(8)18/h7-9,18H,3-6,14H2,1-2H3,(H,15,19)(H,16,17). The summed E-state index contributed by atoms with van der Waals surface area (Å²) in [5.74, 6) is -0.124. The zero-order valence-electron chi connectivity index (χ0n) is 11.4. The quantitative estimate of drug-likeness (QED) is 0.658. The summed E-state index contributed by atoms with van der Waals surface area (Å²) in [5, 5.41) is 19.5. The molecule has 6 heteroatoms. The third-order valence-corrected chi connectivity index (χ3v) is 3.67. The van der Waals surface area contributed by atoms with Crippen molar-refractivity contribution in [2.75, 3.05) is 5.73 Å². The summed E-state index contributed by atoms with van der Waals surface area (Å²) in [6.07, 6.45) is 3.10. The lowest BCUT2D eigenvalue weighted by molar-refractivity contribution is 0.0714. The number of rotatable bonds is 3. The number of nitrogens with one attached hydrogen (secondary N) is 2. The molecule has 2 atom stereocenters. The average Bonchev–Trinajstić information content (AvgIpc) is 2.74. The maximum absolute atomic E-state index is 12.1. The van der Waals surface area contributed by atoms with Crippen molar-refractivity contribution in [2.24, 2.45) is 0 Å². The fraction of sp³-hybridized carbons (Fsp3) is 0.692. The number of nitrogens with zero attached hydrogens (tertiary/aromatic N) is 1. The predicted molar refractivity (Wildman–Crippen MR) is 72.8 cm³/mol. The minimum atomic E-state index is -0.470. The van der Waals surface area contributed by atoms with E-state index in [1.165, 1.54) is 0 Å². The minimum Gasteiger partial charge on any atom is -0.395 e. The van der Waals surface area contributed by atoms with Gasteiger partial charge in [0.05, 0.1) is 23.5 Å². The molecule has 0 saturated heterocycles. The van der Waals surface area contributed by atoms with Gasteiger partial charge >= 0.3 is 0 Å². The number of nitrogens with two attached hydrogens (primary N) is 1. The van der Waals surface area contributed by atoms with Crippen molar-refractivity contribution < 1.29 is 9.90 Å². The second-order valence-corrected chi connectivity index (χ2v) is 5.49. The maximum Gasteiger partial charge on any atom is 0.274 e. The van der Waals surface area contributed by atoms with Gasteiger partial charge in [-0.25, -0.2) is 0 Å². The van der Waals surface area contributed by atoms with Crippen molar-refractivity contribution in [1.29, 1.82) is 0 Å². The third-order valence-electron chi connectivity index (χ3n) is 3.67. The highest BCUT2D eigenvalue weighted by Crippen LogP contribution is 2.23. The van der Waals surface area contributed by atoms with Crippen LogP contribution in [0, 0.1) is 0 Å². The molecule has 0 aromatic carbocycles. The SMILES string of the molecule is CC(C)c1[nH]nc(C(=O)NC2CCCCC2O)c1N. The first-order valence-electron chi connectivity index (χ1n) is 6.83. The molecule has 0 bridgehead atoms. The number of aliphatic hydroxyl groups excluding tert-OH is 1. The molecule has 1 fully saturated rings. The molecule has 1 amide bonds. The lowest BCUT2D eigenvalue weighted by Gasteiger charge is -2.28. The molecule has 1 aliphatic carbocycles. The van der Waals surface area contributed by atoms with E-state index in [2.05, 4.69) is 15.5 Å². The lowest BCUT2D eigenvalue weighted by atomic mass is 9.92. The van der Waals surface area contributed by atoms with Gasteiger partial charge in [-0.15, -0.1) is 0 Å². The van der Waals surface area contributed by atoms with Crippen LogP contribution in [0.5, 0.6) is 0 Å². The number of anilines is 1. The zero-order valence-corrected chi connectivity index (χ0v) is 11.4. The van der Waals surface area contributed by atoms with Gasteiger partial charge < -0.3 is 16.2 Å². The van der Waals surface area contributed by atoms with Crippen molar-refractivity contribution in [3.63, 3.8) is 0 Å². The number of amides is 1. The molecule has 106 valence electrons. The van der Waals surface area contributed by atoms with E-state index in [0.717, 1.165) is 31.4 Å². The summed E-state index contributed by atoms with van der Waals surface area (Å²) in [7, 11) is 0. The Balaban J connectivity index is 2.07. The largest absolute Gasteiger partial charge is 0.395 e. The van der Waals surface area contributed by atoms with Crippen LogP contribution in [0.25, 0.3) is 0 Å². The number of nitrogen functional groups attached to an aromatic ring is 1. The molecule has 1 heterocycles. The topological polar surface area (TPSA) is 104 Å². The Bertz CT molecular complexity index is 455. The van der Waals surface area contributed by atoms with E-state index in [1.54, 1.807) is 0 Å². The summed E-state index contributed by atoms with van der Waals surface area (Å²) in [6, 6.07) is -0.195. The van der Waals surface area contributed by atoms with Crippen LogP contribution in [0.1, 0.15) is 61.6 Å². The normalized spacial score (nSPS) is 23.6. The molecular weight excluding hydrogens is 244 g/mol. The molecule has 1 saturated carbocycles. The Hall–Kier alpha value is -1.56. The number of aromatic amines is 1. The van der Waals surface area contributed by atoms with Crippen LogP contribution in [-0.2, 0) is 0 Å². The molecule has 6 nitrogen and oxygen atoms in total. The third kappa shape index (κ3) is 2.89. The number of H-pyrrole nitrogens is 1. The number of aromatic nitrogens is 2. The van der Waals surface area contributed by atoms with Gasteiger partial charge in [0, 0.05) is 0 Å². The second-order valence-electron chi connectivity index (χ2n) is 5.49. The number of aliphatic hydroxyl groups is 1. The molecule has 1 aliphatic rings. The average molecular weight is 266 g/mol. The minimum absolute atomic E-state index is 0.189. The second kappa shape index (κ2) is 5.61. The molecule has 0 spiro atoms. The van der Waals surface area contributed by atoms with Gasteiger partial charge in [0.1, 0.15) is 0 Å². The van der Waals surface area contributed by atoms with E-state index in [9.17, 15) is 9.90 Å². The molecule has 0 radical (unpaired) electrons. The van der Waals surface area contributed by atoms with Crippen LogP contribution in [0.2, 0.25) is 0 Å². The van der Waals surface area contributed by atoms with E-state index >= 15 is 0 Å². The van der Waals surface area contributed by atoms with E-state index in [0.29, 0.717) is 5.69 Å². The van der Waals surface area contributed by atoms with Crippen LogP contribution >= 0.6 is 0 Å². The summed E-state index contributed by atoms with van der Waals surface area (Å²) in [4.78, 5) is 12.1. The number of hydrogen-bond acceptors (Lipinski definition) is 4. The van der Waals surface area contributed by atoms with Crippen molar-refractivity contribution in [1.82, 2.24) is 15.5 Å². The van der Waals surface area contributed by atoms with Crippen LogP contribution < -0.4 is 11.1 Å². The van der Waals surface area contributed by atoms with Gasteiger partial charge in [0.2, 0.25) is 0 Å². The van der Waals surface area contributed by atoms with Crippen LogP contribution in [0.15, 0.2) is 0 Å². The van der Waals surface area contributed by atoms with E-state index in [4.69, 9.17) is 5.73 Å². The number of carbonyl (C=O) groups is 1. The molecule has 1 aromatic heterocycles. The van der Waals surface area contributed by atoms with Gasteiger partial charge in [-0.1, -0.05) is 26.7 Å². The summed E-state index contributed by atoms with van der Waals surface area (Å²) in [6.45, 7) is 3.97. The Morgan fingerprint density at radius 3 is 2.74 bits per heavy atom. The van der Waals surface area contributed by atoms with Crippen LogP contribution in [0.4, 0.5) is 5.69 Å². The summed E-state index contributed by atoms with van der Waals surface area (Å²) >= 11 is 0. The summed E-state index contributed by atoms with van der Waals surface area (Å²) in [5.41, 5.74) is 7.32. The van der Waals surface area contributed by atoms with Crippen molar-refractivity contribution in [2.45, 2.75) is 57.6 Å². The van der Waals surface area contributed by atoms with E-state index in [1.807, 2.05) is 13.8 Å². The molecule has 19 heavy (non-hydrogen) atoms. The van der Waals surface area contributed by atoms with Gasteiger partial charge in [-0.2, -0.15) is 5.10 Å². The molecule has 1 aromatic rings. The van der Waals surface area contributed by atoms with Crippen molar-refractivity contribution in [3.8, 4) is 0 Å². The van der Waals surface area contributed by atoms with Gasteiger partial charge in [-0.3, -0.25) is 9.89 Å². The van der Waals surface area contributed by atoms with Gasteiger partial charge in [0.25, 0.3) is 5.91 Å². The highest BCUT2D eigenvalue weighted by atomic mass is 16.3. The first-order chi connectivity index (χ1) is 9.00. The molecule has 0 aliphatic heterocycles. The smallest absolute Gasteiger partial charge is 0.274 e. The maximum atomic E-state index is 12.1. The van der Waals surface area contributed by atoms with Gasteiger partial charge in [0.15, 0.2) is 5.69 Å². The first-order valence-corrected chi connectivity index (χ1v) is 6.83. The Morgan fingerprint density at radius 2 is 2.16 bits per heavy atom. The van der Waals surface area contributed by atoms with Crippen LogP contribution in [0.3, 0.4) is 0 Å². The van der Waals surface area contributed by atoms with Crippen LogP contribution in [-0.4, -0.2) is 33.4 Å². The molecule has 5 N–H and O–H groups in total. The predicted octanol–water partition coefficient (Wildman–Crippen LogP) is 1.15. The fourth-order valence-electron chi connectivity index (χ4n) is 2.49. The Kier molecular flexibility index (Phi) is 4.09. The Morgan fingerprint density at radius 1 is 1.47 bits per heavy atom. The van der Waals surface area contributed by atoms with E-state index in [-0.39, 0.29) is 23.6 Å². The highest BCUT2D eigenvalue weighted by Gasteiger charge is 2.27. The number of carbonyl (C=O) groups excluding carboxylic acids is 1. The van der Waals surface area contributed by atoms with E-state index < -0.39 is 6.10 Å².